The van der Waals surface area contributed by atoms with Crippen molar-refractivity contribution < 1.29 is 4.74 Å². The van der Waals surface area contributed by atoms with Crippen LogP contribution in [-0.2, 0) is 6.42 Å². The molecule has 0 saturated carbocycles. The Morgan fingerprint density at radius 2 is 1.71 bits per heavy atom. The summed E-state index contributed by atoms with van der Waals surface area (Å²) < 4.78 is 5.59. The van der Waals surface area contributed by atoms with Crippen LogP contribution < -0.4 is 10.5 Å². The molecule has 4 nitrogen and oxygen atoms in total. The number of nitrogens with zero attached hydrogens (tertiary/aromatic N) is 2. The minimum Gasteiger partial charge on any atom is -0.454 e. The smallest absolute Gasteiger partial charge is 0.164 e. The maximum absolute atomic E-state index is 5.59. The number of aromatic nitrogens is 2. The minimum atomic E-state index is 0.634. The van der Waals surface area contributed by atoms with Crippen LogP contribution in [0.4, 0.5) is 5.69 Å². The molecular weight excluding hydrogens is 214 g/mol. The van der Waals surface area contributed by atoms with E-state index in [2.05, 4.69) is 16.9 Å². The quantitative estimate of drug-likeness (QED) is 0.819. The number of benzene rings is 1. The molecule has 2 aromatic rings. The fourth-order valence-electron chi connectivity index (χ4n) is 1.42. The first-order valence-corrected chi connectivity index (χ1v) is 5.62. The van der Waals surface area contributed by atoms with E-state index in [9.17, 15) is 0 Å². The molecule has 0 saturated heterocycles. The van der Waals surface area contributed by atoms with Crippen LogP contribution in [0.15, 0.2) is 36.7 Å². The summed E-state index contributed by atoms with van der Waals surface area (Å²) in [6.45, 7) is 2.10. The Balaban J connectivity index is 2.05. The molecule has 1 heterocycles. The molecule has 2 N–H and O–H groups in total. The molecule has 0 fully saturated rings. The molecule has 88 valence electrons. The van der Waals surface area contributed by atoms with Crippen molar-refractivity contribution in [2.24, 2.45) is 0 Å². The van der Waals surface area contributed by atoms with Crippen LogP contribution in [0, 0.1) is 0 Å². The van der Waals surface area contributed by atoms with Gasteiger partial charge in [-0.15, -0.1) is 0 Å². The van der Waals surface area contributed by atoms with Gasteiger partial charge in [0.15, 0.2) is 5.75 Å². The van der Waals surface area contributed by atoms with Crippen molar-refractivity contribution in [2.45, 2.75) is 19.8 Å². The zero-order valence-corrected chi connectivity index (χ0v) is 9.76. The van der Waals surface area contributed by atoms with E-state index in [4.69, 9.17) is 10.5 Å². The van der Waals surface area contributed by atoms with E-state index >= 15 is 0 Å². The van der Waals surface area contributed by atoms with Crippen LogP contribution in [-0.4, -0.2) is 9.97 Å². The van der Waals surface area contributed by atoms with Crippen molar-refractivity contribution in [3.8, 4) is 11.5 Å². The van der Waals surface area contributed by atoms with E-state index in [1.807, 2.05) is 12.1 Å². The van der Waals surface area contributed by atoms with Gasteiger partial charge >= 0.3 is 0 Å². The average molecular weight is 229 g/mol. The molecule has 2 rings (SSSR count). The van der Waals surface area contributed by atoms with Gasteiger partial charge in [0.2, 0.25) is 0 Å². The monoisotopic (exact) mass is 229 g/mol. The summed E-state index contributed by atoms with van der Waals surface area (Å²) in [6, 6.07) is 7.22. The van der Waals surface area contributed by atoms with Crippen molar-refractivity contribution in [2.75, 3.05) is 5.73 Å². The van der Waals surface area contributed by atoms with E-state index in [1.165, 1.54) is 0 Å². The van der Waals surface area contributed by atoms with Gasteiger partial charge in [0, 0.05) is 12.1 Å². The van der Waals surface area contributed by atoms with Gasteiger partial charge in [0.05, 0.1) is 12.4 Å². The van der Waals surface area contributed by atoms with E-state index in [0.29, 0.717) is 11.4 Å². The lowest BCUT2D eigenvalue weighted by Gasteiger charge is -2.05. The summed E-state index contributed by atoms with van der Waals surface area (Å²) >= 11 is 0. The predicted octanol–water partition coefficient (Wildman–Crippen LogP) is 2.80. The second-order valence-corrected chi connectivity index (χ2v) is 3.76. The molecule has 0 atom stereocenters. The van der Waals surface area contributed by atoms with Gasteiger partial charge in [-0.1, -0.05) is 6.92 Å². The maximum atomic E-state index is 5.59. The SMILES string of the molecule is CCCc1ncc(Oc2ccc(N)cc2)cn1. The predicted molar refractivity (Wildman–Crippen MR) is 67.0 cm³/mol. The van der Waals surface area contributed by atoms with Crippen molar-refractivity contribution >= 4 is 5.69 Å². The van der Waals surface area contributed by atoms with Crippen molar-refractivity contribution in [3.63, 3.8) is 0 Å². The second kappa shape index (κ2) is 5.30. The van der Waals surface area contributed by atoms with Gasteiger partial charge in [-0.2, -0.15) is 0 Å². The summed E-state index contributed by atoms with van der Waals surface area (Å²) in [5.74, 6) is 2.21. The highest BCUT2D eigenvalue weighted by molar-refractivity contribution is 5.42. The van der Waals surface area contributed by atoms with Crippen molar-refractivity contribution in [1.82, 2.24) is 9.97 Å². The van der Waals surface area contributed by atoms with Crippen LogP contribution in [0.3, 0.4) is 0 Å². The number of hydrogen-bond acceptors (Lipinski definition) is 4. The minimum absolute atomic E-state index is 0.634. The molecule has 0 aliphatic carbocycles. The second-order valence-electron chi connectivity index (χ2n) is 3.76. The normalized spacial score (nSPS) is 10.2. The number of rotatable bonds is 4. The molecule has 17 heavy (non-hydrogen) atoms. The Labute approximate surface area is 100 Å². The van der Waals surface area contributed by atoms with E-state index < -0.39 is 0 Å². The zero-order valence-electron chi connectivity index (χ0n) is 9.76. The Hall–Kier alpha value is -2.10. The third-order valence-corrected chi connectivity index (χ3v) is 2.27. The van der Waals surface area contributed by atoms with Gasteiger partial charge in [-0.05, 0) is 30.7 Å². The largest absolute Gasteiger partial charge is 0.454 e. The molecular formula is C13H15N3O. The Morgan fingerprint density at radius 1 is 1.06 bits per heavy atom. The Kier molecular flexibility index (Phi) is 3.55. The average Bonchev–Trinajstić information content (AvgIpc) is 2.35. The summed E-state index contributed by atoms with van der Waals surface area (Å²) in [6.07, 6.45) is 5.31. The fraction of sp³-hybridized carbons (Fsp3) is 0.231. The highest BCUT2D eigenvalue weighted by Gasteiger charge is 1.99. The van der Waals surface area contributed by atoms with E-state index in [-0.39, 0.29) is 0 Å². The Bertz CT molecular complexity index is 465. The number of aryl methyl sites for hydroxylation is 1. The first kappa shape index (κ1) is 11.4. The number of hydrogen-bond donors (Lipinski definition) is 1. The molecule has 0 radical (unpaired) electrons. The van der Waals surface area contributed by atoms with Gasteiger partial charge in [-0.25, -0.2) is 9.97 Å². The highest BCUT2D eigenvalue weighted by Crippen LogP contribution is 2.20. The van der Waals surface area contributed by atoms with Crippen LogP contribution >= 0.6 is 0 Å². The van der Waals surface area contributed by atoms with Gasteiger partial charge in [-0.3, -0.25) is 0 Å². The van der Waals surface area contributed by atoms with Gasteiger partial charge < -0.3 is 10.5 Å². The fourth-order valence-corrected chi connectivity index (χ4v) is 1.42. The number of anilines is 1. The Morgan fingerprint density at radius 3 is 2.29 bits per heavy atom. The number of nitrogen functional groups attached to an aromatic ring is 1. The van der Waals surface area contributed by atoms with Crippen molar-refractivity contribution in [3.05, 3.63) is 42.5 Å². The summed E-state index contributed by atoms with van der Waals surface area (Å²) in [5, 5.41) is 0. The third-order valence-electron chi connectivity index (χ3n) is 2.27. The maximum Gasteiger partial charge on any atom is 0.164 e. The van der Waals surface area contributed by atoms with Crippen LogP contribution in [0.5, 0.6) is 11.5 Å². The number of nitrogens with two attached hydrogens (primary N) is 1. The van der Waals surface area contributed by atoms with Gasteiger partial charge in [0.25, 0.3) is 0 Å². The van der Waals surface area contributed by atoms with Crippen LogP contribution in [0.25, 0.3) is 0 Å². The topological polar surface area (TPSA) is 61.0 Å². The molecule has 0 amide bonds. The van der Waals surface area contributed by atoms with E-state index in [0.717, 1.165) is 24.4 Å². The van der Waals surface area contributed by atoms with Crippen LogP contribution in [0.2, 0.25) is 0 Å². The first-order chi connectivity index (χ1) is 8.28. The number of ether oxygens (including phenoxy) is 1. The summed E-state index contributed by atoms with van der Waals surface area (Å²) in [4.78, 5) is 8.44. The lowest BCUT2D eigenvalue weighted by atomic mass is 10.3. The van der Waals surface area contributed by atoms with Crippen LogP contribution in [0.1, 0.15) is 19.2 Å². The van der Waals surface area contributed by atoms with Crippen molar-refractivity contribution in [1.29, 1.82) is 0 Å². The van der Waals surface area contributed by atoms with E-state index in [1.54, 1.807) is 24.5 Å². The molecule has 0 aliphatic heterocycles. The highest BCUT2D eigenvalue weighted by atomic mass is 16.5. The van der Waals surface area contributed by atoms with Gasteiger partial charge in [0.1, 0.15) is 11.6 Å². The molecule has 0 bridgehead atoms. The molecule has 0 unspecified atom stereocenters. The standard InChI is InChI=1S/C13H15N3O/c1-2-3-13-15-8-12(9-16-13)17-11-6-4-10(14)5-7-11/h4-9H,2-3,14H2,1H3. The molecule has 0 spiro atoms. The summed E-state index contributed by atoms with van der Waals surface area (Å²) in [7, 11) is 0. The first-order valence-electron chi connectivity index (χ1n) is 5.62. The lowest BCUT2D eigenvalue weighted by Crippen LogP contribution is -1.94. The molecule has 1 aromatic carbocycles. The third kappa shape index (κ3) is 3.17. The molecule has 0 aliphatic rings. The lowest BCUT2D eigenvalue weighted by molar-refractivity contribution is 0.476. The molecule has 1 aromatic heterocycles. The zero-order chi connectivity index (χ0) is 12.1. The molecule has 4 heteroatoms. The summed E-state index contributed by atoms with van der Waals surface area (Å²) in [5.41, 5.74) is 6.31.